The molecule has 0 aromatic heterocycles. The fraction of sp³-hybridized carbons (Fsp3) is 0.833. The van der Waals surface area contributed by atoms with Crippen molar-refractivity contribution in [1.82, 2.24) is 0 Å². The lowest BCUT2D eigenvalue weighted by Gasteiger charge is -1.99. The first kappa shape index (κ1) is 8.74. The van der Waals surface area contributed by atoms with Gasteiger partial charge in [-0.05, 0) is 12.8 Å². The van der Waals surface area contributed by atoms with E-state index in [-0.39, 0.29) is 6.42 Å². The molecular weight excluding hydrogens is 167 g/mol. The van der Waals surface area contributed by atoms with Crippen LogP contribution in [-0.2, 0) is 0 Å². The van der Waals surface area contributed by atoms with Gasteiger partial charge < -0.3 is 0 Å². The minimum absolute atomic E-state index is 0.262. The molecular formula is C6H6F5. The average Bonchev–Trinajstić information content (AvgIpc) is 2.12. The summed E-state index contributed by atoms with van der Waals surface area (Å²) < 4.78 is 60.5. The molecule has 1 fully saturated rings. The number of hydrogen-bond acceptors (Lipinski definition) is 0. The Labute approximate surface area is 60.4 Å². The molecule has 0 bridgehead atoms. The van der Waals surface area contributed by atoms with Crippen LogP contribution in [0.2, 0.25) is 0 Å². The second-order valence-electron chi connectivity index (χ2n) is 2.55. The summed E-state index contributed by atoms with van der Waals surface area (Å²) in [6.07, 6.45) is -1.16. The van der Waals surface area contributed by atoms with Crippen molar-refractivity contribution in [2.24, 2.45) is 0 Å². The molecule has 0 nitrogen and oxygen atoms in total. The van der Waals surface area contributed by atoms with Gasteiger partial charge in [-0.15, -0.1) is 0 Å². The van der Waals surface area contributed by atoms with Crippen molar-refractivity contribution < 1.29 is 22.0 Å². The van der Waals surface area contributed by atoms with Gasteiger partial charge in [0.05, 0.1) is 0 Å². The van der Waals surface area contributed by atoms with Crippen LogP contribution in [0.3, 0.4) is 0 Å². The minimum Gasteiger partial charge on any atom is -0.230 e. The number of alkyl halides is 5. The van der Waals surface area contributed by atoms with Crippen molar-refractivity contribution in [2.75, 3.05) is 0 Å². The van der Waals surface area contributed by atoms with E-state index in [0.29, 0.717) is 0 Å². The molecule has 1 saturated carbocycles. The molecule has 1 aliphatic carbocycles. The van der Waals surface area contributed by atoms with E-state index in [4.69, 9.17) is 0 Å². The first-order valence-electron chi connectivity index (χ1n) is 3.05. The summed E-state index contributed by atoms with van der Waals surface area (Å²) in [5.74, 6) is -8.98. The van der Waals surface area contributed by atoms with E-state index in [1.54, 1.807) is 0 Å². The third-order valence-electron chi connectivity index (χ3n) is 1.85. The summed E-state index contributed by atoms with van der Waals surface area (Å²) in [6, 6.07) is 0. The van der Waals surface area contributed by atoms with Crippen LogP contribution in [0.15, 0.2) is 0 Å². The molecule has 0 heterocycles. The van der Waals surface area contributed by atoms with Gasteiger partial charge in [-0.3, -0.25) is 0 Å². The van der Waals surface area contributed by atoms with E-state index in [1.165, 1.54) is 0 Å². The van der Waals surface area contributed by atoms with Crippen molar-refractivity contribution in [3.05, 3.63) is 6.92 Å². The van der Waals surface area contributed by atoms with E-state index < -0.39 is 23.9 Å². The SMILES string of the molecule is [CH2]CCC1(F)C(F)(F)C1(F)F. The van der Waals surface area contributed by atoms with Crippen LogP contribution in [0.1, 0.15) is 12.8 Å². The Kier molecular flexibility index (Phi) is 1.49. The summed E-state index contributed by atoms with van der Waals surface area (Å²) in [7, 11) is 0. The Hall–Kier alpha value is -0.350. The molecule has 0 aromatic rings. The largest absolute Gasteiger partial charge is 0.353 e. The van der Waals surface area contributed by atoms with Crippen LogP contribution in [-0.4, -0.2) is 17.5 Å². The van der Waals surface area contributed by atoms with Gasteiger partial charge in [0, 0.05) is 0 Å². The summed E-state index contributed by atoms with van der Waals surface area (Å²) in [5, 5.41) is 0. The third-order valence-corrected chi connectivity index (χ3v) is 1.85. The van der Waals surface area contributed by atoms with Crippen molar-refractivity contribution in [3.8, 4) is 0 Å². The highest BCUT2D eigenvalue weighted by Crippen LogP contribution is 2.69. The Bertz CT molecular complexity index is 160. The molecule has 5 heteroatoms. The van der Waals surface area contributed by atoms with Crippen LogP contribution in [0.25, 0.3) is 0 Å². The quantitative estimate of drug-likeness (QED) is 0.563. The lowest BCUT2D eigenvalue weighted by molar-refractivity contribution is -0.0278. The fourth-order valence-corrected chi connectivity index (χ4v) is 0.996. The fourth-order valence-electron chi connectivity index (χ4n) is 0.996. The lowest BCUT2D eigenvalue weighted by Crippen LogP contribution is -2.12. The van der Waals surface area contributed by atoms with Crippen LogP contribution in [0.5, 0.6) is 0 Å². The van der Waals surface area contributed by atoms with E-state index in [0.717, 1.165) is 0 Å². The van der Waals surface area contributed by atoms with E-state index in [1.807, 2.05) is 0 Å². The standard InChI is InChI=1S/C6H6F5/c1-2-3-4(7)5(8,9)6(4,10)11/h1-3H2. The van der Waals surface area contributed by atoms with E-state index in [9.17, 15) is 22.0 Å². The number of hydrogen-bond donors (Lipinski definition) is 0. The predicted molar refractivity (Wildman–Crippen MR) is 28.3 cm³/mol. The zero-order valence-electron chi connectivity index (χ0n) is 5.51. The van der Waals surface area contributed by atoms with Crippen molar-refractivity contribution in [3.63, 3.8) is 0 Å². The third kappa shape index (κ3) is 0.688. The molecule has 0 aliphatic heterocycles. The Balaban J connectivity index is 2.78. The van der Waals surface area contributed by atoms with Gasteiger partial charge >= 0.3 is 11.8 Å². The zero-order valence-corrected chi connectivity index (χ0v) is 5.51. The van der Waals surface area contributed by atoms with Crippen LogP contribution < -0.4 is 0 Å². The minimum atomic E-state index is -4.49. The molecule has 0 saturated heterocycles. The molecule has 11 heavy (non-hydrogen) atoms. The molecule has 0 aromatic carbocycles. The Morgan fingerprint density at radius 1 is 0.909 bits per heavy atom. The van der Waals surface area contributed by atoms with Gasteiger partial charge in [-0.1, -0.05) is 6.92 Å². The van der Waals surface area contributed by atoms with Gasteiger partial charge in [-0.25, -0.2) is 4.39 Å². The normalized spacial score (nSPS) is 30.0. The van der Waals surface area contributed by atoms with Gasteiger partial charge in [0.25, 0.3) is 0 Å². The second kappa shape index (κ2) is 1.87. The molecule has 1 rings (SSSR count). The highest BCUT2D eigenvalue weighted by atomic mass is 19.3. The molecule has 0 amide bonds. The first-order chi connectivity index (χ1) is 4.81. The first-order valence-corrected chi connectivity index (χ1v) is 3.05. The maximum Gasteiger partial charge on any atom is 0.353 e. The summed E-state index contributed by atoms with van der Waals surface area (Å²) in [4.78, 5) is 0. The molecule has 1 radical (unpaired) electrons. The van der Waals surface area contributed by atoms with Gasteiger partial charge in [0.1, 0.15) is 0 Å². The van der Waals surface area contributed by atoms with E-state index in [2.05, 4.69) is 6.92 Å². The zero-order chi connectivity index (χ0) is 8.91. The summed E-state index contributed by atoms with van der Waals surface area (Å²) >= 11 is 0. The van der Waals surface area contributed by atoms with Gasteiger partial charge in [0.2, 0.25) is 5.67 Å². The number of rotatable bonds is 2. The number of halogens is 5. The van der Waals surface area contributed by atoms with Crippen molar-refractivity contribution >= 4 is 0 Å². The average molecular weight is 173 g/mol. The van der Waals surface area contributed by atoms with Gasteiger partial charge in [0.15, 0.2) is 0 Å². The molecule has 65 valence electrons. The maximum absolute atomic E-state index is 12.5. The topological polar surface area (TPSA) is 0 Å². The van der Waals surface area contributed by atoms with Crippen molar-refractivity contribution in [2.45, 2.75) is 30.4 Å². The summed E-state index contributed by atoms with van der Waals surface area (Å²) in [6.45, 7) is 3.04. The monoisotopic (exact) mass is 173 g/mol. The van der Waals surface area contributed by atoms with Crippen molar-refractivity contribution in [1.29, 1.82) is 0 Å². The Morgan fingerprint density at radius 3 is 1.36 bits per heavy atom. The molecule has 1 aliphatic rings. The van der Waals surface area contributed by atoms with Gasteiger partial charge in [-0.2, -0.15) is 17.6 Å². The molecule has 0 unspecified atom stereocenters. The molecule has 0 atom stereocenters. The Morgan fingerprint density at radius 2 is 1.27 bits per heavy atom. The predicted octanol–water partition coefficient (Wildman–Crippen LogP) is 2.59. The van der Waals surface area contributed by atoms with E-state index >= 15 is 0 Å². The van der Waals surface area contributed by atoms with Crippen LogP contribution in [0.4, 0.5) is 22.0 Å². The highest BCUT2D eigenvalue weighted by molar-refractivity contribution is 5.28. The van der Waals surface area contributed by atoms with Crippen LogP contribution in [0, 0.1) is 6.92 Å². The highest BCUT2D eigenvalue weighted by Gasteiger charge is 2.97. The molecule has 0 spiro atoms. The lowest BCUT2D eigenvalue weighted by atomic mass is 10.2. The molecule has 0 N–H and O–H groups in total. The second-order valence-corrected chi connectivity index (χ2v) is 2.55. The smallest absolute Gasteiger partial charge is 0.230 e. The maximum atomic E-state index is 12.5. The van der Waals surface area contributed by atoms with Crippen LogP contribution >= 0.6 is 0 Å². The summed E-state index contributed by atoms with van der Waals surface area (Å²) in [5.41, 5.74) is -3.64.